The van der Waals surface area contributed by atoms with Gasteiger partial charge in [0.2, 0.25) is 0 Å². The van der Waals surface area contributed by atoms with Crippen molar-refractivity contribution in [1.29, 1.82) is 0 Å². The van der Waals surface area contributed by atoms with E-state index in [0.717, 1.165) is 5.71 Å². The maximum Gasteiger partial charge on any atom is 0.0909 e. The highest BCUT2D eigenvalue weighted by atomic mass is 15.0. The molecule has 0 aromatic rings. The lowest BCUT2D eigenvalue weighted by Crippen LogP contribution is -2.50. The van der Waals surface area contributed by atoms with Crippen LogP contribution in [0.4, 0.5) is 0 Å². The molecule has 2 nitrogen and oxygen atoms in total. The zero-order valence-corrected chi connectivity index (χ0v) is 9.26. The van der Waals surface area contributed by atoms with E-state index in [2.05, 4.69) is 43.2 Å². The van der Waals surface area contributed by atoms with Crippen LogP contribution in [-0.4, -0.2) is 23.3 Å². The number of nitrogens with zero attached hydrogens (tertiary/aromatic N) is 1. The molecule has 0 saturated carbocycles. The highest BCUT2D eigenvalue weighted by Crippen LogP contribution is 2.22. The van der Waals surface area contributed by atoms with Gasteiger partial charge in [0.1, 0.15) is 0 Å². The first-order chi connectivity index (χ1) is 5.94. The summed E-state index contributed by atoms with van der Waals surface area (Å²) >= 11 is 0. The van der Waals surface area contributed by atoms with Crippen LogP contribution in [0.3, 0.4) is 0 Å². The normalized spacial score (nSPS) is 38.8. The van der Waals surface area contributed by atoms with Gasteiger partial charge < -0.3 is 5.32 Å². The second-order valence-corrected chi connectivity index (χ2v) is 4.32. The number of aliphatic imine (C=N–C) groups is 1. The van der Waals surface area contributed by atoms with Gasteiger partial charge in [-0.1, -0.05) is 12.2 Å². The number of hydrogen-bond donors (Lipinski definition) is 1. The molecule has 1 rings (SSSR count). The summed E-state index contributed by atoms with van der Waals surface area (Å²) in [4.78, 5) is 4.65. The molecule has 0 unspecified atom stereocenters. The summed E-state index contributed by atoms with van der Waals surface area (Å²) in [6.07, 6.45) is 4.40. The third-order valence-corrected chi connectivity index (χ3v) is 2.58. The maximum atomic E-state index is 4.65. The molecule has 0 aliphatic carbocycles. The van der Waals surface area contributed by atoms with Crippen LogP contribution in [0, 0.1) is 0 Å². The van der Waals surface area contributed by atoms with E-state index in [9.17, 15) is 0 Å². The maximum absolute atomic E-state index is 4.65. The van der Waals surface area contributed by atoms with Crippen LogP contribution in [-0.2, 0) is 0 Å². The molecule has 2 heteroatoms. The van der Waals surface area contributed by atoms with Gasteiger partial charge in [-0.15, -0.1) is 0 Å². The summed E-state index contributed by atoms with van der Waals surface area (Å²) in [7, 11) is 0. The molecule has 0 aromatic heterocycles. The van der Waals surface area contributed by atoms with E-state index in [1.54, 1.807) is 0 Å². The van der Waals surface area contributed by atoms with E-state index in [1.807, 2.05) is 13.8 Å². The van der Waals surface area contributed by atoms with Gasteiger partial charge in [0.15, 0.2) is 0 Å². The zero-order chi connectivity index (χ0) is 10.1. The Balaban J connectivity index is 2.90. The molecular formula is C11H20N2. The minimum absolute atomic E-state index is 0.0641. The van der Waals surface area contributed by atoms with Gasteiger partial charge in [0.25, 0.3) is 0 Å². The van der Waals surface area contributed by atoms with Crippen molar-refractivity contribution in [2.75, 3.05) is 0 Å². The van der Waals surface area contributed by atoms with Gasteiger partial charge >= 0.3 is 0 Å². The highest BCUT2D eigenvalue weighted by Gasteiger charge is 2.31. The summed E-state index contributed by atoms with van der Waals surface area (Å²) in [6.45, 7) is 10.6. The molecule has 3 atom stereocenters. The Kier molecular flexibility index (Phi) is 2.91. The third kappa shape index (κ3) is 2.41. The lowest BCUT2D eigenvalue weighted by molar-refractivity contribution is 0.366. The zero-order valence-electron chi connectivity index (χ0n) is 9.26. The topological polar surface area (TPSA) is 24.4 Å². The Morgan fingerprint density at radius 2 is 2.00 bits per heavy atom. The first-order valence-corrected chi connectivity index (χ1v) is 4.92. The number of hydrogen-bond acceptors (Lipinski definition) is 2. The van der Waals surface area contributed by atoms with Crippen LogP contribution >= 0.6 is 0 Å². The van der Waals surface area contributed by atoms with Crippen LogP contribution in [0.5, 0.6) is 0 Å². The average molecular weight is 180 g/mol. The van der Waals surface area contributed by atoms with Gasteiger partial charge in [0.05, 0.1) is 5.54 Å². The van der Waals surface area contributed by atoms with Crippen molar-refractivity contribution in [3.05, 3.63) is 12.2 Å². The molecule has 0 aromatic carbocycles. The molecule has 1 N–H and O–H groups in total. The molecular weight excluding hydrogens is 160 g/mol. The van der Waals surface area contributed by atoms with E-state index >= 15 is 0 Å². The minimum Gasteiger partial charge on any atom is -0.306 e. The molecule has 1 heterocycles. The summed E-state index contributed by atoms with van der Waals surface area (Å²) in [5.74, 6) is 0. The van der Waals surface area contributed by atoms with Crippen molar-refractivity contribution in [2.45, 2.75) is 52.2 Å². The number of rotatable bonds is 1. The molecule has 74 valence electrons. The quantitative estimate of drug-likeness (QED) is 0.485. The minimum atomic E-state index is -0.0641. The summed E-state index contributed by atoms with van der Waals surface area (Å²) in [5, 5.41) is 3.48. The molecule has 1 aliphatic rings. The molecule has 1 aliphatic heterocycles. The Labute approximate surface area is 81.1 Å². The van der Waals surface area contributed by atoms with E-state index < -0.39 is 0 Å². The first kappa shape index (κ1) is 10.5. The van der Waals surface area contributed by atoms with Crippen molar-refractivity contribution in [2.24, 2.45) is 4.99 Å². The monoisotopic (exact) mass is 180 g/mol. The second kappa shape index (κ2) is 3.62. The van der Waals surface area contributed by atoms with Crippen molar-refractivity contribution in [3.8, 4) is 0 Å². The molecule has 0 amide bonds. The van der Waals surface area contributed by atoms with Crippen LogP contribution in [0.25, 0.3) is 0 Å². The van der Waals surface area contributed by atoms with Crippen LogP contribution in [0.15, 0.2) is 17.1 Å². The predicted molar refractivity (Wildman–Crippen MR) is 58.4 cm³/mol. The Bertz CT molecular complexity index is 238. The van der Waals surface area contributed by atoms with Crippen molar-refractivity contribution in [3.63, 3.8) is 0 Å². The van der Waals surface area contributed by atoms with Crippen LogP contribution in [0.2, 0.25) is 0 Å². The molecule has 0 bridgehead atoms. The summed E-state index contributed by atoms with van der Waals surface area (Å²) in [6, 6.07) is 0.873. The molecule has 0 spiro atoms. The Morgan fingerprint density at radius 1 is 1.38 bits per heavy atom. The summed E-state index contributed by atoms with van der Waals surface area (Å²) < 4.78 is 0. The fourth-order valence-corrected chi connectivity index (χ4v) is 1.72. The molecule has 13 heavy (non-hydrogen) atoms. The fraction of sp³-hybridized carbons (Fsp3) is 0.727. The lowest BCUT2D eigenvalue weighted by atomic mass is 9.89. The lowest BCUT2D eigenvalue weighted by Gasteiger charge is -2.36. The van der Waals surface area contributed by atoms with E-state index in [4.69, 9.17) is 0 Å². The molecule has 0 fully saturated rings. The van der Waals surface area contributed by atoms with Gasteiger partial charge in [-0.2, -0.15) is 0 Å². The van der Waals surface area contributed by atoms with Crippen molar-refractivity contribution in [1.82, 2.24) is 5.32 Å². The smallest absolute Gasteiger partial charge is 0.0909 e. The third-order valence-electron chi connectivity index (χ3n) is 2.58. The van der Waals surface area contributed by atoms with E-state index in [1.165, 1.54) is 0 Å². The van der Waals surface area contributed by atoms with E-state index in [0.29, 0.717) is 12.1 Å². The first-order valence-electron chi connectivity index (χ1n) is 4.92. The summed E-state index contributed by atoms with van der Waals surface area (Å²) in [5.41, 5.74) is 1.07. The van der Waals surface area contributed by atoms with Gasteiger partial charge in [-0.3, -0.25) is 4.99 Å². The standard InChI is InChI=1S/C11H20N2/c1-8(2)13-11(5)7-6-9(3)12-10(11)4/h6-7,9-10,12H,1-5H3/t9-,10+,11-/m0/s1. The fourth-order valence-electron chi connectivity index (χ4n) is 1.72. The highest BCUT2D eigenvalue weighted by molar-refractivity contribution is 5.79. The van der Waals surface area contributed by atoms with Crippen LogP contribution in [0.1, 0.15) is 34.6 Å². The van der Waals surface area contributed by atoms with Crippen molar-refractivity contribution < 1.29 is 0 Å². The Hall–Kier alpha value is -0.630. The largest absolute Gasteiger partial charge is 0.306 e. The van der Waals surface area contributed by atoms with Crippen molar-refractivity contribution >= 4 is 5.71 Å². The Morgan fingerprint density at radius 3 is 2.46 bits per heavy atom. The number of nitrogens with one attached hydrogen (secondary N) is 1. The van der Waals surface area contributed by atoms with Gasteiger partial charge in [-0.25, -0.2) is 0 Å². The van der Waals surface area contributed by atoms with Gasteiger partial charge in [-0.05, 0) is 34.6 Å². The average Bonchev–Trinajstić information content (AvgIpc) is 1.97. The predicted octanol–water partition coefficient (Wildman–Crippen LogP) is 2.16. The second-order valence-electron chi connectivity index (χ2n) is 4.32. The van der Waals surface area contributed by atoms with Crippen LogP contribution < -0.4 is 5.32 Å². The van der Waals surface area contributed by atoms with Gasteiger partial charge in [0, 0.05) is 17.8 Å². The SMILES string of the molecule is CC(C)=N[C@@]1(C)C=C[C@H](C)N[C@@H]1C. The van der Waals surface area contributed by atoms with E-state index in [-0.39, 0.29) is 5.54 Å². The molecule has 0 radical (unpaired) electrons. The molecule has 0 saturated heterocycles.